The van der Waals surface area contributed by atoms with Crippen molar-refractivity contribution in [1.29, 1.82) is 0 Å². The first-order valence-corrected chi connectivity index (χ1v) is 7.41. The minimum atomic E-state index is 0.0176. The Morgan fingerprint density at radius 3 is 2.77 bits per heavy atom. The smallest absolute Gasteiger partial charge is 0.246 e. The van der Waals surface area contributed by atoms with E-state index in [1.807, 2.05) is 59.5 Å². The molecular weight excluding hydrogens is 276 g/mol. The maximum atomic E-state index is 12.2. The van der Waals surface area contributed by atoms with Gasteiger partial charge in [0, 0.05) is 31.3 Å². The Balaban J connectivity index is 1.54. The van der Waals surface area contributed by atoms with Crippen LogP contribution >= 0.6 is 0 Å². The monoisotopic (exact) mass is 294 g/mol. The highest BCUT2D eigenvalue weighted by Crippen LogP contribution is 2.16. The molecule has 4 nitrogen and oxygen atoms in total. The van der Waals surface area contributed by atoms with Crippen LogP contribution in [0.2, 0.25) is 0 Å². The van der Waals surface area contributed by atoms with E-state index in [-0.39, 0.29) is 12.0 Å². The van der Waals surface area contributed by atoms with E-state index in [1.54, 1.807) is 12.3 Å². The van der Waals surface area contributed by atoms with Crippen LogP contribution in [-0.4, -0.2) is 35.0 Å². The number of amides is 1. The van der Waals surface area contributed by atoms with E-state index >= 15 is 0 Å². The lowest BCUT2D eigenvalue weighted by Gasteiger charge is -2.15. The number of rotatable bonds is 4. The number of nitrogens with zero attached hydrogens (tertiary/aromatic N) is 2. The van der Waals surface area contributed by atoms with Gasteiger partial charge < -0.3 is 9.64 Å². The molecule has 0 N–H and O–H groups in total. The van der Waals surface area contributed by atoms with Gasteiger partial charge in [0.2, 0.25) is 11.8 Å². The lowest BCUT2D eigenvalue weighted by molar-refractivity contribution is -0.125. The molecule has 0 aliphatic carbocycles. The van der Waals surface area contributed by atoms with Crippen LogP contribution in [0.1, 0.15) is 12.0 Å². The molecule has 1 atom stereocenters. The minimum Gasteiger partial charge on any atom is -0.472 e. The number of ether oxygens (including phenoxy) is 1. The van der Waals surface area contributed by atoms with Gasteiger partial charge in [-0.1, -0.05) is 36.4 Å². The van der Waals surface area contributed by atoms with Crippen LogP contribution in [0.25, 0.3) is 6.08 Å². The summed E-state index contributed by atoms with van der Waals surface area (Å²) in [6, 6.07) is 15.4. The van der Waals surface area contributed by atoms with Crippen LogP contribution in [0.15, 0.2) is 60.8 Å². The molecule has 2 aromatic rings. The quantitative estimate of drug-likeness (QED) is 0.814. The van der Waals surface area contributed by atoms with E-state index in [1.165, 1.54) is 0 Å². The molecular formula is C18H18N2O2. The van der Waals surface area contributed by atoms with Crippen LogP contribution in [0, 0.1) is 0 Å². The fourth-order valence-corrected chi connectivity index (χ4v) is 2.45. The first-order chi connectivity index (χ1) is 10.8. The van der Waals surface area contributed by atoms with Gasteiger partial charge in [-0.2, -0.15) is 0 Å². The summed E-state index contributed by atoms with van der Waals surface area (Å²) in [7, 11) is 0. The van der Waals surface area contributed by atoms with Crippen molar-refractivity contribution in [2.45, 2.75) is 12.5 Å². The molecule has 1 aliphatic heterocycles. The Kier molecular flexibility index (Phi) is 4.49. The van der Waals surface area contributed by atoms with Crippen molar-refractivity contribution in [3.05, 3.63) is 66.4 Å². The summed E-state index contributed by atoms with van der Waals surface area (Å²) in [5, 5.41) is 0. The second kappa shape index (κ2) is 6.89. The maximum Gasteiger partial charge on any atom is 0.246 e. The molecule has 1 saturated heterocycles. The standard InChI is InChI=1S/C18H18N2O2/c21-18(10-9-15-6-2-1-3-7-15)20-13-11-16(14-20)22-17-8-4-5-12-19-17/h1-10,12,16H,11,13-14H2/b10-9+. The van der Waals surface area contributed by atoms with Gasteiger partial charge in [-0.15, -0.1) is 0 Å². The number of carbonyl (C=O) groups is 1. The van der Waals surface area contributed by atoms with E-state index in [4.69, 9.17) is 4.74 Å². The Morgan fingerprint density at radius 2 is 2.00 bits per heavy atom. The average Bonchev–Trinajstić information content (AvgIpc) is 3.03. The molecule has 22 heavy (non-hydrogen) atoms. The molecule has 0 spiro atoms. The SMILES string of the molecule is O=C(/C=C/c1ccccc1)N1CCC(Oc2ccccn2)C1. The molecule has 1 aromatic carbocycles. The fraction of sp³-hybridized carbons (Fsp3) is 0.222. The number of hydrogen-bond donors (Lipinski definition) is 0. The topological polar surface area (TPSA) is 42.4 Å². The van der Waals surface area contributed by atoms with Gasteiger partial charge in [-0.05, 0) is 17.7 Å². The Labute approximate surface area is 130 Å². The van der Waals surface area contributed by atoms with Crippen LogP contribution in [0.3, 0.4) is 0 Å². The van der Waals surface area contributed by atoms with Crippen molar-refractivity contribution >= 4 is 12.0 Å². The summed E-state index contributed by atoms with van der Waals surface area (Å²) in [4.78, 5) is 18.1. The van der Waals surface area contributed by atoms with Crippen molar-refractivity contribution in [2.24, 2.45) is 0 Å². The van der Waals surface area contributed by atoms with Gasteiger partial charge in [0.25, 0.3) is 0 Å². The molecule has 1 aliphatic rings. The fourth-order valence-electron chi connectivity index (χ4n) is 2.45. The lowest BCUT2D eigenvalue weighted by Crippen LogP contribution is -2.29. The zero-order chi connectivity index (χ0) is 15.2. The number of carbonyl (C=O) groups excluding carboxylic acids is 1. The van der Waals surface area contributed by atoms with Gasteiger partial charge >= 0.3 is 0 Å². The molecule has 3 rings (SSSR count). The van der Waals surface area contributed by atoms with Crippen molar-refractivity contribution in [2.75, 3.05) is 13.1 Å². The van der Waals surface area contributed by atoms with Crippen molar-refractivity contribution in [3.63, 3.8) is 0 Å². The second-order valence-electron chi connectivity index (χ2n) is 5.22. The van der Waals surface area contributed by atoms with Crippen molar-refractivity contribution in [3.8, 4) is 5.88 Å². The number of likely N-dealkylation sites (tertiary alicyclic amines) is 1. The Hall–Kier alpha value is -2.62. The lowest BCUT2D eigenvalue weighted by atomic mass is 10.2. The Bertz CT molecular complexity index is 641. The normalized spacial score (nSPS) is 17.8. The van der Waals surface area contributed by atoms with Crippen LogP contribution in [0.4, 0.5) is 0 Å². The summed E-state index contributed by atoms with van der Waals surface area (Å²) >= 11 is 0. The number of pyridine rings is 1. The molecule has 0 saturated carbocycles. The van der Waals surface area contributed by atoms with E-state index in [0.717, 1.165) is 18.5 Å². The van der Waals surface area contributed by atoms with E-state index < -0.39 is 0 Å². The van der Waals surface area contributed by atoms with Gasteiger partial charge in [-0.3, -0.25) is 4.79 Å². The summed E-state index contributed by atoms with van der Waals surface area (Å²) in [5.74, 6) is 0.637. The minimum absolute atomic E-state index is 0.0176. The molecule has 1 unspecified atom stereocenters. The highest BCUT2D eigenvalue weighted by atomic mass is 16.5. The van der Waals surface area contributed by atoms with Crippen molar-refractivity contribution < 1.29 is 9.53 Å². The van der Waals surface area contributed by atoms with Gasteiger partial charge in [-0.25, -0.2) is 4.98 Å². The van der Waals surface area contributed by atoms with Crippen molar-refractivity contribution in [1.82, 2.24) is 9.88 Å². The zero-order valence-corrected chi connectivity index (χ0v) is 12.3. The molecule has 4 heteroatoms. The highest BCUT2D eigenvalue weighted by Gasteiger charge is 2.26. The molecule has 1 amide bonds. The number of hydrogen-bond acceptors (Lipinski definition) is 3. The van der Waals surface area contributed by atoms with Crippen LogP contribution in [-0.2, 0) is 4.79 Å². The summed E-state index contributed by atoms with van der Waals surface area (Å²) in [6.07, 6.45) is 6.02. The molecule has 1 fully saturated rings. The predicted octanol–water partition coefficient (Wildman–Crippen LogP) is 2.77. The summed E-state index contributed by atoms with van der Waals surface area (Å²) < 4.78 is 5.79. The van der Waals surface area contributed by atoms with Gasteiger partial charge in [0.15, 0.2) is 0 Å². The molecule has 0 bridgehead atoms. The third kappa shape index (κ3) is 3.73. The molecule has 1 aromatic heterocycles. The number of aromatic nitrogens is 1. The van der Waals surface area contributed by atoms with Gasteiger partial charge in [0.1, 0.15) is 6.10 Å². The predicted molar refractivity (Wildman–Crippen MR) is 85.3 cm³/mol. The second-order valence-corrected chi connectivity index (χ2v) is 5.22. The largest absolute Gasteiger partial charge is 0.472 e. The third-order valence-corrected chi connectivity index (χ3v) is 3.60. The van der Waals surface area contributed by atoms with Gasteiger partial charge in [0.05, 0.1) is 6.54 Å². The number of benzene rings is 1. The maximum absolute atomic E-state index is 12.2. The average molecular weight is 294 g/mol. The highest BCUT2D eigenvalue weighted by molar-refractivity contribution is 5.91. The summed E-state index contributed by atoms with van der Waals surface area (Å²) in [5.41, 5.74) is 1.02. The Morgan fingerprint density at radius 1 is 1.18 bits per heavy atom. The first-order valence-electron chi connectivity index (χ1n) is 7.41. The summed E-state index contributed by atoms with van der Waals surface area (Å²) in [6.45, 7) is 1.32. The van der Waals surface area contributed by atoms with Crippen LogP contribution in [0.5, 0.6) is 5.88 Å². The molecule has 2 heterocycles. The molecule has 112 valence electrons. The molecule has 0 radical (unpaired) electrons. The third-order valence-electron chi connectivity index (χ3n) is 3.60. The van der Waals surface area contributed by atoms with E-state index in [2.05, 4.69) is 4.98 Å². The zero-order valence-electron chi connectivity index (χ0n) is 12.3. The van der Waals surface area contributed by atoms with E-state index in [9.17, 15) is 4.79 Å². The first kappa shape index (κ1) is 14.3. The van der Waals surface area contributed by atoms with E-state index in [0.29, 0.717) is 12.4 Å². The van der Waals surface area contributed by atoms with Crippen LogP contribution < -0.4 is 4.74 Å².